The Morgan fingerprint density at radius 2 is 0.800 bits per heavy atom. The molecule has 0 amide bonds. The molecule has 2 heteroatoms. The van der Waals surface area contributed by atoms with Crippen molar-refractivity contribution in [3.63, 3.8) is 0 Å². The van der Waals surface area contributed by atoms with Gasteiger partial charge >= 0.3 is 0 Å². The minimum Gasteiger partial charge on any atom is -0.192 e. The van der Waals surface area contributed by atoms with Gasteiger partial charge < -0.3 is 0 Å². The number of rotatable bonds is 0. The van der Waals surface area contributed by atoms with Crippen LogP contribution >= 0.6 is 0 Å². The van der Waals surface area contributed by atoms with Gasteiger partial charge in [-0.05, 0) is 102 Å². The molecule has 0 fully saturated rings. The third-order valence-electron chi connectivity index (χ3n) is 6.01. The lowest BCUT2D eigenvalue weighted by Gasteiger charge is -2.10. The summed E-state index contributed by atoms with van der Waals surface area (Å²) >= 11 is 0. The molecule has 2 nitrogen and oxygen atoms in total. The molecule has 0 atom stereocenters. The highest BCUT2D eigenvalue weighted by atomic mass is 14.2. The standard InChI is InChI=1S/C28H14N2/c29-15-17-1-3-19-13-27-21(11-23(19)9-17)5-8-26-25(27)7-6-22-12-24-10-18(16-30)2-4-20(24)14-28(22)26/h1-14H. The molecule has 6 aromatic rings. The van der Waals surface area contributed by atoms with E-state index in [-0.39, 0.29) is 0 Å². The van der Waals surface area contributed by atoms with Crippen molar-refractivity contribution in [3.8, 4) is 12.1 Å². The lowest BCUT2D eigenvalue weighted by molar-refractivity contribution is 1.50. The molecular weight excluding hydrogens is 364 g/mol. The summed E-state index contributed by atoms with van der Waals surface area (Å²) in [5, 5.41) is 30.0. The molecule has 0 saturated heterocycles. The average Bonchev–Trinajstić information content (AvgIpc) is 2.80. The van der Waals surface area contributed by atoms with Crippen molar-refractivity contribution in [2.75, 3.05) is 0 Å². The molecule has 0 aromatic heterocycles. The van der Waals surface area contributed by atoms with Gasteiger partial charge in [0.15, 0.2) is 0 Å². The van der Waals surface area contributed by atoms with E-state index < -0.39 is 0 Å². The topological polar surface area (TPSA) is 47.6 Å². The van der Waals surface area contributed by atoms with Crippen molar-refractivity contribution in [2.24, 2.45) is 0 Å². The first-order valence-corrected chi connectivity index (χ1v) is 9.80. The number of benzene rings is 6. The van der Waals surface area contributed by atoms with Crippen LogP contribution in [-0.4, -0.2) is 0 Å². The van der Waals surface area contributed by atoms with Gasteiger partial charge in [0.1, 0.15) is 0 Å². The summed E-state index contributed by atoms with van der Waals surface area (Å²) in [5.74, 6) is 0. The molecule has 30 heavy (non-hydrogen) atoms. The molecule has 0 unspecified atom stereocenters. The van der Waals surface area contributed by atoms with Gasteiger partial charge in [-0.2, -0.15) is 10.5 Å². The zero-order valence-corrected chi connectivity index (χ0v) is 16.0. The summed E-state index contributed by atoms with van der Waals surface area (Å²) in [6.07, 6.45) is 0. The Morgan fingerprint density at radius 3 is 1.23 bits per heavy atom. The first kappa shape index (κ1) is 16.5. The smallest absolute Gasteiger partial charge is 0.0991 e. The second-order valence-corrected chi connectivity index (χ2v) is 7.72. The predicted octanol–water partition coefficient (Wildman–Crippen LogP) is 7.20. The van der Waals surface area contributed by atoms with E-state index in [1.165, 1.54) is 32.3 Å². The highest BCUT2D eigenvalue weighted by Crippen LogP contribution is 2.35. The molecule has 0 aliphatic rings. The van der Waals surface area contributed by atoms with Gasteiger partial charge in [-0.3, -0.25) is 0 Å². The number of hydrogen-bond acceptors (Lipinski definition) is 2. The first-order chi connectivity index (χ1) is 14.7. The minimum atomic E-state index is 0.681. The molecular formula is C28H14N2. The lowest BCUT2D eigenvalue weighted by atomic mass is 9.93. The largest absolute Gasteiger partial charge is 0.192 e. The third-order valence-corrected chi connectivity index (χ3v) is 6.01. The van der Waals surface area contributed by atoms with Crippen molar-refractivity contribution in [2.45, 2.75) is 0 Å². The molecule has 0 bridgehead atoms. The SMILES string of the molecule is N#Cc1ccc2cc3c(ccc4c5cc6ccc(C#N)cc6cc5ccc34)cc2c1. The molecule has 136 valence electrons. The Hall–Kier alpha value is -4.40. The van der Waals surface area contributed by atoms with Crippen LogP contribution in [0.1, 0.15) is 11.1 Å². The zero-order valence-electron chi connectivity index (χ0n) is 16.0. The van der Waals surface area contributed by atoms with Gasteiger partial charge in [-0.1, -0.05) is 36.4 Å². The number of nitriles is 2. The Kier molecular flexibility index (Phi) is 3.33. The van der Waals surface area contributed by atoms with E-state index in [0.717, 1.165) is 21.5 Å². The number of fused-ring (bicyclic) bond motifs is 7. The molecule has 6 rings (SSSR count). The van der Waals surface area contributed by atoms with Gasteiger partial charge in [0.25, 0.3) is 0 Å². The number of hydrogen-bond donors (Lipinski definition) is 0. The molecule has 0 aliphatic heterocycles. The van der Waals surface area contributed by atoms with E-state index in [1.807, 2.05) is 36.4 Å². The van der Waals surface area contributed by atoms with Crippen molar-refractivity contribution in [1.82, 2.24) is 0 Å². The minimum absolute atomic E-state index is 0.681. The van der Waals surface area contributed by atoms with Gasteiger partial charge in [-0.15, -0.1) is 0 Å². The van der Waals surface area contributed by atoms with E-state index in [0.29, 0.717) is 11.1 Å². The third kappa shape index (κ3) is 2.35. The highest BCUT2D eigenvalue weighted by Gasteiger charge is 2.08. The van der Waals surface area contributed by atoms with E-state index in [4.69, 9.17) is 0 Å². The Morgan fingerprint density at radius 1 is 0.367 bits per heavy atom. The second kappa shape index (κ2) is 6.05. The summed E-state index contributed by atoms with van der Waals surface area (Å²) < 4.78 is 0. The Balaban J connectivity index is 1.70. The van der Waals surface area contributed by atoms with Gasteiger partial charge in [0.2, 0.25) is 0 Å². The van der Waals surface area contributed by atoms with Crippen LogP contribution in [0, 0.1) is 22.7 Å². The van der Waals surface area contributed by atoms with Crippen LogP contribution in [0.5, 0.6) is 0 Å². The zero-order chi connectivity index (χ0) is 20.2. The molecule has 0 aliphatic carbocycles. The number of nitrogens with zero attached hydrogens (tertiary/aromatic N) is 2. The van der Waals surface area contributed by atoms with E-state index >= 15 is 0 Å². The summed E-state index contributed by atoms with van der Waals surface area (Å²) in [6, 6.07) is 33.6. The van der Waals surface area contributed by atoms with Crippen LogP contribution in [0.4, 0.5) is 0 Å². The van der Waals surface area contributed by atoms with Crippen molar-refractivity contribution >= 4 is 53.9 Å². The molecule has 6 aromatic carbocycles. The van der Waals surface area contributed by atoms with Crippen molar-refractivity contribution < 1.29 is 0 Å². The fourth-order valence-corrected chi connectivity index (χ4v) is 4.51. The van der Waals surface area contributed by atoms with Crippen LogP contribution in [0.3, 0.4) is 0 Å². The summed E-state index contributed by atoms with van der Waals surface area (Å²) in [7, 11) is 0. The predicted molar refractivity (Wildman–Crippen MR) is 123 cm³/mol. The molecule has 0 spiro atoms. The Labute approximate surface area is 172 Å². The van der Waals surface area contributed by atoms with Crippen LogP contribution in [0.2, 0.25) is 0 Å². The normalized spacial score (nSPS) is 11.3. The van der Waals surface area contributed by atoms with Crippen LogP contribution < -0.4 is 0 Å². The van der Waals surface area contributed by atoms with Crippen molar-refractivity contribution in [1.29, 1.82) is 10.5 Å². The highest BCUT2D eigenvalue weighted by molar-refractivity contribution is 6.20. The molecule has 0 radical (unpaired) electrons. The maximum absolute atomic E-state index is 9.19. The fourth-order valence-electron chi connectivity index (χ4n) is 4.51. The monoisotopic (exact) mass is 378 g/mol. The molecule has 0 saturated carbocycles. The van der Waals surface area contributed by atoms with E-state index in [1.54, 1.807) is 0 Å². The van der Waals surface area contributed by atoms with Gasteiger partial charge in [0, 0.05) is 0 Å². The molecule has 0 N–H and O–H groups in total. The summed E-state index contributed by atoms with van der Waals surface area (Å²) in [6.45, 7) is 0. The van der Waals surface area contributed by atoms with Gasteiger partial charge in [-0.25, -0.2) is 0 Å². The van der Waals surface area contributed by atoms with Gasteiger partial charge in [0.05, 0.1) is 23.3 Å². The van der Waals surface area contributed by atoms with Crippen LogP contribution in [0.15, 0.2) is 84.9 Å². The van der Waals surface area contributed by atoms with Crippen molar-refractivity contribution in [3.05, 3.63) is 96.1 Å². The van der Waals surface area contributed by atoms with E-state index in [9.17, 15) is 10.5 Å². The summed E-state index contributed by atoms with van der Waals surface area (Å²) in [5.41, 5.74) is 1.36. The maximum Gasteiger partial charge on any atom is 0.0991 e. The average molecular weight is 378 g/mol. The quantitative estimate of drug-likeness (QED) is 0.207. The van der Waals surface area contributed by atoms with Crippen LogP contribution in [0.25, 0.3) is 53.9 Å². The summed E-state index contributed by atoms with van der Waals surface area (Å²) in [4.78, 5) is 0. The fraction of sp³-hybridized carbons (Fsp3) is 0. The molecule has 0 heterocycles. The lowest BCUT2D eigenvalue weighted by Crippen LogP contribution is -1.84. The van der Waals surface area contributed by atoms with Crippen LogP contribution in [-0.2, 0) is 0 Å². The maximum atomic E-state index is 9.19. The first-order valence-electron chi connectivity index (χ1n) is 9.80. The second-order valence-electron chi connectivity index (χ2n) is 7.72. The van der Waals surface area contributed by atoms with E-state index in [2.05, 4.69) is 60.7 Å². The Bertz CT molecular complexity index is 1630.